The van der Waals surface area contributed by atoms with Gasteiger partial charge in [-0.25, -0.2) is 4.79 Å². The number of amides is 6. The lowest BCUT2D eigenvalue weighted by atomic mass is 10.1. The van der Waals surface area contributed by atoms with Crippen LogP contribution in [0.25, 0.3) is 0 Å². The van der Waals surface area contributed by atoms with Crippen LogP contribution >= 0.6 is 0 Å². The Balaban J connectivity index is 4.07. The standard InChI is InChI=1S/C22H41N9O8/c23-7-3-1-5-14(25)21(37)30-12-19(35)28-10-17(33)26-9-16(32)27-11-18(34)29-13-20(36)31-15(22(38)39)6-2-4-8-24/h14-15H,1-13,23-25H2,(H,26,33)(H,27,32)(H,28,35)(H,29,34)(H,30,37)(H,31,36)(H,38,39)/t14-,15-/m0/s1. The highest BCUT2D eigenvalue weighted by Gasteiger charge is 2.19. The summed E-state index contributed by atoms with van der Waals surface area (Å²) in [6, 6.07) is -1.88. The predicted octanol–water partition coefficient (Wildman–Crippen LogP) is -5.28. The van der Waals surface area contributed by atoms with Crippen molar-refractivity contribution in [3.8, 4) is 0 Å². The highest BCUT2D eigenvalue weighted by Crippen LogP contribution is 2.00. The maximum absolute atomic E-state index is 11.9. The second kappa shape index (κ2) is 21.1. The first-order chi connectivity index (χ1) is 18.5. The maximum Gasteiger partial charge on any atom is 0.326 e. The van der Waals surface area contributed by atoms with E-state index in [1.54, 1.807) is 0 Å². The summed E-state index contributed by atoms with van der Waals surface area (Å²) < 4.78 is 0. The van der Waals surface area contributed by atoms with E-state index in [-0.39, 0.29) is 13.0 Å². The van der Waals surface area contributed by atoms with E-state index in [2.05, 4.69) is 31.9 Å². The Hall–Kier alpha value is -3.83. The molecular formula is C22H41N9O8. The van der Waals surface area contributed by atoms with Crippen molar-refractivity contribution < 1.29 is 38.7 Å². The molecular weight excluding hydrogens is 518 g/mol. The monoisotopic (exact) mass is 559 g/mol. The van der Waals surface area contributed by atoms with Gasteiger partial charge in [0.25, 0.3) is 0 Å². The molecule has 0 spiro atoms. The summed E-state index contributed by atoms with van der Waals surface area (Å²) in [4.78, 5) is 82.0. The van der Waals surface area contributed by atoms with Crippen LogP contribution in [0.1, 0.15) is 38.5 Å². The molecule has 0 bridgehead atoms. The van der Waals surface area contributed by atoms with Gasteiger partial charge in [0.2, 0.25) is 35.4 Å². The number of hydrogen-bond donors (Lipinski definition) is 10. The number of nitrogens with one attached hydrogen (secondary N) is 6. The molecule has 0 fully saturated rings. The fourth-order valence-electron chi connectivity index (χ4n) is 2.90. The van der Waals surface area contributed by atoms with Crippen molar-refractivity contribution in [2.45, 2.75) is 50.6 Å². The van der Waals surface area contributed by atoms with Crippen molar-refractivity contribution in [1.29, 1.82) is 0 Å². The maximum atomic E-state index is 11.9. The number of rotatable bonds is 21. The van der Waals surface area contributed by atoms with Crippen LogP contribution < -0.4 is 49.1 Å². The van der Waals surface area contributed by atoms with Crippen molar-refractivity contribution in [1.82, 2.24) is 31.9 Å². The van der Waals surface area contributed by atoms with E-state index in [9.17, 15) is 33.6 Å². The van der Waals surface area contributed by atoms with Gasteiger partial charge in [-0.1, -0.05) is 6.42 Å². The van der Waals surface area contributed by atoms with Gasteiger partial charge in [0.05, 0.1) is 38.8 Å². The molecule has 222 valence electrons. The summed E-state index contributed by atoms with van der Waals surface area (Å²) in [6.45, 7) is -1.42. The van der Waals surface area contributed by atoms with E-state index in [0.29, 0.717) is 38.8 Å². The number of carboxylic acid groups (broad SMARTS) is 1. The quantitative estimate of drug-likeness (QED) is 0.0592. The molecule has 0 aliphatic heterocycles. The lowest BCUT2D eigenvalue weighted by Crippen LogP contribution is -2.48. The molecule has 0 radical (unpaired) electrons. The summed E-state index contributed by atoms with van der Waals surface area (Å²) in [7, 11) is 0. The first kappa shape index (κ1) is 35.2. The van der Waals surface area contributed by atoms with Crippen LogP contribution in [0.3, 0.4) is 0 Å². The third kappa shape index (κ3) is 19.0. The Morgan fingerprint density at radius 2 is 0.949 bits per heavy atom. The molecule has 13 N–H and O–H groups in total. The van der Waals surface area contributed by atoms with E-state index in [0.717, 1.165) is 6.42 Å². The highest BCUT2D eigenvalue weighted by atomic mass is 16.4. The van der Waals surface area contributed by atoms with Gasteiger partial charge < -0.3 is 54.2 Å². The molecule has 0 unspecified atom stereocenters. The Bertz CT molecular complexity index is 840. The third-order valence-corrected chi connectivity index (χ3v) is 5.09. The molecule has 0 rings (SSSR count). The van der Waals surface area contributed by atoms with E-state index < -0.39 is 79.7 Å². The van der Waals surface area contributed by atoms with Crippen LogP contribution in [-0.2, 0) is 33.6 Å². The van der Waals surface area contributed by atoms with Crippen molar-refractivity contribution in [2.75, 3.05) is 45.8 Å². The van der Waals surface area contributed by atoms with E-state index in [1.807, 2.05) is 0 Å². The summed E-state index contributed by atoms with van der Waals surface area (Å²) in [5.41, 5.74) is 16.4. The number of carbonyl (C=O) groups is 7. The highest BCUT2D eigenvalue weighted by molar-refractivity contribution is 5.92. The SMILES string of the molecule is NCCCC[C@H](NC(=O)CNC(=O)CNC(=O)CNC(=O)CNC(=O)CNC(=O)[C@@H](N)CCCCN)C(=O)O. The molecule has 0 aromatic heterocycles. The molecule has 6 amide bonds. The van der Waals surface area contributed by atoms with Crippen molar-refractivity contribution in [3.05, 3.63) is 0 Å². The van der Waals surface area contributed by atoms with Crippen molar-refractivity contribution in [2.24, 2.45) is 17.2 Å². The Morgan fingerprint density at radius 1 is 0.564 bits per heavy atom. The van der Waals surface area contributed by atoms with Gasteiger partial charge >= 0.3 is 5.97 Å². The number of aliphatic carboxylic acids is 1. The summed E-state index contributed by atoms with van der Waals surface area (Å²) in [5, 5.41) is 22.7. The predicted molar refractivity (Wildman–Crippen MR) is 138 cm³/mol. The summed E-state index contributed by atoms with van der Waals surface area (Å²) >= 11 is 0. The fraction of sp³-hybridized carbons (Fsp3) is 0.682. The van der Waals surface area contributed by atoms with Crippen LogP contribution in [0, 0.1) is 0 Å². The lowest BCUT2D eigenvalue weighted by Gasteiger charge is -2.14. The average Bonchev–Trinajstić information content (AvgIpc) is 2.90. The van der Waals surface area contributed by atoms with E-state index >= 15 is 0 Å². The minimum atomic E-state index is -1.21. The number of hydrogen-bond acceptors (Lipinski definition) is 10. The molecule has 0 aliphatic carbocycles. The third-order valence-electron chi connectivity index (χ3n) is 5.09. The van der Waals surface area contributed by atoms with Gasteiger partial charge in [-0.05, 0) is 45.2 Å². The van der Waals surface area contributed by atoms with Crippen molar-refractivity contribution >= 4 is 41.4 Å². The van der Waals surface area contributed by atoms with Crippen LogP contribution in [0.2, 0.25) is 0 Å². The first-order valence-corrected chi connectivity index (χ1v) is 12.5. The Kier molecular flexibility index (Phi) is 19.1. The molecule has 0 aromatic carbocycles. The molecule has 0 heterocycles. The summed E-state index contributed by atoms with van der Waals surface area (Å²) in [5.74, 6) is -5.18. The molecule has 0 saturated carbocycles. The normalized spacial score (nSPS) is 11.9. The molecule has 17 heteroatoms. The van der Waals surface area contributed by atoms with Gasteiger partial charge in [0.1, 0.15) is 6.04 Å². The second-order valence-electron chi connectivity index (χ2n) is 8.46. The minimum absolute atomic E-state index is 0.193. The lowest BCUT2D eigenvalue weighted by molar-refractivity contribution is -0.142. The number of carbonyl (C=O) groups excluding carboxylic acids is 6. The van der Waals surface area contributed by atoms with Crippen molar-refractivity contribution in [3.63, 3.8) is 0 Å². The van der Waals surface area contributed by atoms with Gasteiger partial charge in [-0.15, -0.1) is 0 Å². The van der Waals surface area contributed by atoms with Gasteiger partial charge in [0, 0.05) is 0 Å². The topological polar surface area (TPSA) is 290 Å². The molecule has 0 aliphatic rings. The van der Waals surface area contributed by atoms with E-state index in [4.69, 9.17) is 22.3 Å². The molecule has 0 saturated heterocycles. The number of nitrogens with two attached hydrogens (primary N) is 3. The number of unbranched alkanes of at least 4 members (excludes halogenated alkanes) is 2. The van der Waals surface area contributed by atoms with E-state index in [1.165, 1.54) is 0 Å². The molecule has 17 nitrogen and oxygen atoms in total. The Morgan fingerprint density at radius 3 is 1.36 bits per heavy atom. The van der Waals surface area contributed by atoms with Gasteiger partial charge in [-0.3, -0.25) is 28.8 Å². The van der Waals surface area contributed by atoms with Gasteiger partial charge in [0.15, 0.2) is 0 Å². The number of carboxylic acids is 1. The largest absolute Gasteiger partial charge is 0.480 e. The zero-order valence-electron chi connectivity index (χ0n) is 21.9. The molecule has 0 aromatic rings. The fourth-order valence-corrected chi connectivity index (χ4v) is 2.90. The van der Waals surface area contributed by atoms with Crippen LogP contribution in [0.4, 0.5) is 0 Å². The second-order valence-corrected chi connectivity index (χ2v) is 8.46. The van der Waals surface area contributed by atoms with Crippen LogP contribution in [0.5, 0.6) is 0 Å². The van der Waals surface area contributed by atoms with Crippen LogP contribution in [-0.4, -0.2) is 104 Å². The molecule has 2 atom stereocenters. The average molecular weight is 560 g/mol. The first-order valence-electron chi connectivity index (χ1n) is 12.5. The smallest absolute Gasteiger partial charge is 0.326 e. The summed E-state index contributed by atoms with van der Waals surface area (Å²) in [6.07, 6.45) is 3.15. The minimum Gasteiger partial charge on any atom is -0.480 e. The zero-order valence-corrected chi connectivity index (χ0v) is 21.9. The van der Waals surface area contributed by atoms with Gasteiger partial charge in [-0.2, -0.15) is 0 Å². The molecule has 39 heavy (non-hydrogen) atoms. The zero-order chi connectivity index (χ0) is 29.6. The Labute approximate surface area is 226 Å². The van der Waals surface area contributed by atoms with Crippen LogP contribution in [0.15, 0.2) is 0 Å².